The summed E-state index contributed by atoms with van der Waals surface area (Å²) in [7, 11) is 1.60. The van der Waals surface area contributed by atoms with Crippen LogP contribution in [0.25, 0.3) is 0 Å². The van der Waals surface area contributed by atoms with Gasteiger partial charge in [0.1, 0.15) is 18.0 Å². The first kappa shape index (κ1) is 20.9. The number of amides is 3. The van der Waals surface area contributed by atoms with Crippen LogP contribution in [0.15, 0.2) is 42.5 Å². The van der Waals surface area contributed by atoms with Crippen LogP contribution in [0, 0.1) is 0 Å². The van der Waals surface area contributed by atoms with E-state index in [4.69, 9.17) is 4.74 Å². The Bertz CT molecular complexity index is 1020. The zero-order valence-corrected chi connectivity index (χ0v) is 17.4. The number of rotatable bonds is 5. The van der Waals surface area contributed by atoms with Gasteiger partial charge in [-0.15, -0.1) is 0 Å². The second-order valence-corrected chi connectivity index (χ2v) is 7.89. The molecule has 0 aliphatic carbocycles. The summed E-state index contributed by atoms with van der Waals surface area (Å²) >= 11 is 0. The largest absolute Gasteiger partial charge is 0.497 e. The first-order valence-corrected chi connectivity index (χ1v) is 10.2. The Morgan fingerprint density at radius 1 is 1.19 bits per heavy atom. The SMILES string of the molecule is COc1ccc([C@H](C)NC(=O)c2ccc3c(c2)CN(C2CCC(O)NC2=O)C3=O)cc1. The van der Waals surface area contributed by atoms with Crippen molar-refractivity contribution in [1.82, 2.24) is 15.5 Å². The van der Waals surface area contributed by atoms with Crippen molar-refractivity contribution >= 4 is 17.7 Å². The van der Waals surface area contributed by atoms with Crippen molar-refractivity contribution in [1.29, 1.82) is 0 Å². The lowest BCUT2D eigenvalue weighted by Gasteiger charge is -2.32. The molecule has 1 saturated heterocycles. The van der Waals surface area contributed by atoms with Gasteiger partial charge >= 0.3 is 0 Å². The molecule has 8 nitrogen and oxygen atoms in total. The van der Waals surface area contributed by atoms with Gasteiger partial charge in [0, 0.05) is 17.7 Å². The standard InChI is InChI=1S/C23H25N3O5/c1-13(14-3-6-17(31-2)7-4-14)24-21(28)15-5-8-18-16(11-15)12-26(23(18)30)19-9-10-20(27)25-22(19)29/h3-8,11,13,19-20,27H,9-10,12H2,1-2H3,(H,24,28)(H,25,29)/t13-,19?,20?/m0/s1. The lowest BCUT2D eigenvalue weighted by molar-refractivity contribution is -0.132. The molecule has 3 N–H and O–H groups in total. The van der Waals surface area contributed by atoms with E-state index in [1.165, 1.54) is 4.90 Å². The minimum atomic E-state index is -0.869. The lowest BCUT2D eigenvalue weighted by atomic mass is 10.0. The van der Waals surface area contributed by atoms with Gasteiger partial charge < -0.3 is 25.4 Å². The smallest absolute Gasteiger partial charge is 0.255 e. The molecule has 2 aromatic carbocycles. The molecule has 3 atom stereocenters. The van der Waals surface area contributed by atoms with Crippen LogP contribution < -0.4 is 15.4 Å². The number of carbonyl (C=O) groups excluding carboxylic acids is 3. The molecule has 3 amide bonds. The number of hydrogen-bond donors (Lipinski definition) is 3. The number of fused-ring (bicyclic) bond motifs is 1. The fourth-order valence-electron chi connectivity index (χ4n) is 4.07. The van der Waals surface area contributed by atoms with Gasteiger partial charge in [0.05, 0.1) is 13.2 Å². The molecule has 31 heavy (non-hydrogen) atoms. The van der Waals surface area contributed by atoms with Gasteiger partial charge in [-0.05, 0) is 61.2 Å². The summed E-state index contributed by atoms with van der Waals surface area (Å²) in [6.45, 7) is 2.16. The summed E-state index contributed by atoms with van der Waals surface area (Å²) in [5, 5.41) is 15.0. The Morgan fingerprint density at radius 2 is 1.94 bits per heavy atom. The van der Waals surface area contributed by atoms with Crippen molar-refractivity contribution in [2.75, 3.05) is 7.11 Å². The van der Waals surface area contributed by atoms with Crippen molar-refractivity contribution in [3.05, 3.63) is 64.7 Å². The number of aliphatic hydroxyl groups excluding tert-OH is 1. The Labute approximate surface area is 180 Å². The molecular weight excluding hydrogens is 398 g/mol. The topological polar surface area (TPSA) is 108 Å². The molecule has 162 valence electrons. The van der Waals surface area contributed by atoms with Gasteiger partial charge in [-0.3, -0.25) is 14.4 Å². The van der Waals surface area contributed by atoms with E-state index in [1.807, 2.05) is 31.2 Å². The van der Waals surface area contributed by atoms with E-state index in [2.05, 4.69) is 10.6 Å². The van der Waals surface area contributed by atoms with Crippen LogP contribution in [0.1, 0.15) is 57.7 Å². The summed E-state index contributed by atoms with van der Waals surface area (Å²) in [5.74, 6) is -0.0805. The van der Waals surface area contributed by atoms with Crippen molar-refractivity contribution in [2.24, 2.45) is 0 Å². The first-order chi connectivity index (χ1) is 14.9. The molecule has 1 fully saturated rings. The predicted molar refractivity (Wildman–Crippen MR) is 112 cm³/mol. The molecule has 0 bridgehead atoms. The molecule has 2 aliphatic rings. The minimum absolute atomic E-state index is 0.206. The summed E-state index contributed by atoms with van der Waals surface area (Å²) in [4.78, 5) is 39.3. The quantitative estimate of drug-likeness (QED) is 0.679. The average Bonchev–Trinajstić information content (AvgIpc) is 3.09. The van der Waals surface area contributed by atoms with E-state index in [0.717, 1.165) is 11.3 Å². The predicted octanol–water partition coefficient (Wildman–Crippen LogP) is 1.74. The molecule has 2 unspecified atom stereocenters. The third-order valence-corrected chi connectivity index (χ3v) is 5.86. The molecule has 2 aliphatic heterocycles. The summed E-state index contributed by atoms with van der Waals surface area (Å²) in [6.07, 6.45) is -0.0702. The number of ether oxygens (including phenoxy) is 1. The number of hydrogen-bond acceptors (Lipinski definition) is 5. The van der Waals surface area contributed by atoms with Crippen LogP contribution in [-0.4, -0.2) is 47.1 Å². The zero-order chi connectivity index (χ0) is 22.1. The summed E-state index contributed by atoms with van der Waals surface area (Å²) in [5.41, 5.74) is 2.62. The normalized spacial score (nSPS) is 21.3. The van der Waals surface area contributed by atoms with Crippen molar-refractivity contribution in [3.8, 4) is 5.75 Å². The van der Waals surface area contributed by atoms with Crippen LogP contribution in [-0.2, 0) is 11.3 Å². The third-order valence-electron chi connectivity index (χ3n) is 5.86. The van der Waals surface area contributed by atoms with Crippen LogP contribution in [0.2, 0.25) is 0 Å². The van der Waals surface area contributed by atoms with Crippen LogP contribution in [0.4, 0.5) is 0 Å². The Kier molecular flexibility index (Phi) is 5.65. The monoisotopic (exact) mass is 423 g/mol. The van der Waals surface area contributed by atoms with E-state index >= 15 is 0 Å². The minimum Gasteiger partial charge on any atom is -0.497 e. The first-order valence-electron chi connectivity index (χ1n) is 10.2. The van der Waals surface area contributed by atoms with Crippen LogP contribution in [0.5, 0.6) is 5.75 Å². The average molecular weight is 423 g/mol. The molecule has 4 rings (SSSR count). The number of nitrogens with one attached hydrogen (secondary N) is 2. The van der Waals surface area contributed by atoms with Crippen molar-refractivity contribution in [2.45, 2.75) is 44.6 Å². The zero-order valence-electron chi connectivity index (χ0n) is 17.4. The molecule has 0 saturated carbocycles. The fraction of sp³-hybridized carbons (Fsp3) is 0.348. The number of nitrogens with zero attached hydrogens (tertiary/aromatic N) is 1. The summed E-state index contributed by atoms with van der Waals surface area (Å²) in [6, 6.07) is 11.6. The highest BCUT2D eigenvalue weighted by molar-refractivity contribution is 6.03. The maximum atomic E-state index is 12.8. The Hall–Kier alpha value is -3.39. The van der Waals surface area contributed by atoms with E-state index in [-0.39, 0.29) is 30.3 Å². The molecular formula is C23H25N3O5. The van der Waals surface area contributed by atoms with Crippen molar-refractivity contribution < 1.29 is 24.2 Å². The molecule has 2 aromatic rings. The maximum absolute atomic E-state index is 12.8. The van der Waals surface area contributed by atoms with E-state index in [0.29, 0.717) is 29.5 Å². The van der Waals surface area contributed by atoms with E-state index < -0.39 is 12.3 Å². The van der Waals surface area contributed by atoms with Gasteiger partial charge in [-0.1, -0.05) is 12.1 Å². The third kappa shape index (κ3) is 4.11. The van der Waals surface area contributed by atoms with E-state index in [9.17, 15) is 19.5 Å². The second-order valence-electron chi connectivity index (χ2n) is 7.89. The number of piperidine rings is 1. The van der Waals surface area contributed by atoms with Gasteiger partial charge in [-0.25, -0.2) is 0 Å². The summed E-state index contributed by atoms with van der Waals surface area (Å²) < 4.78 is 5.16. The Balaban J connectivity index is 1.46. The lowest BCUT2D eigenvalue weighted by Crippen LogP contribution is -2.54. The number of carbonyl (C=O) groups is 3. The van der Waals surface area contributed by atoms with Gasteiger partial charge in [0.2, 0.25) is 5.91 Å². The fourth-order valence-corrected chi connectivity index (χ4v) is 4.07. The molecule has 0 radical (unpaired) electrons. The second kappa shape index (κ2) is 8.39. The highest BCUT2D eigenvalue weighted by Crippen LogP contribution is 2.29. The van der Waals surface area contributed by atoms with Crippen LogP contribution >= 0.6 is 0 Å². The van der Waals surface area contributed by atoms with Gasteiger partial charge in [0.25, 0.3) is 11.8 Å². The van der Waals surface area contributed by atoms with Gasteiger partial charge in [0.15, 0.2) is 0 Å². The molecule has 0 spiro atoms. The molecule has 8 heteroatoms. The highest BCUT2D eigenvalue weighted by Gasteiger charge is 2.39. The highest BCUT2D eigenvalue weighted by atomic mass is 16.5. The van der Waals surface area contributed by atoms with Crippen molar-refractivity contribution in [3.63, 3.8) is 0 Å². The Morgan fingerprint density at radius 3 is 2.61 bits per heavy atom. The van der Waals surface area contributed by atoms with Crippen LogP contribution in [0.3, 0.4) is 0 Å². The van der Waals surface area contributed by atoms with Gasteiger partial charge in [-0.2, -0.15) is 0 Å². The molecule has 0 aromatic heterocycles. The number of aliphatic hydroxyl groups is 1. The number of benzene rings is 2. The van der Waals surface area contributed by atoms with E-state index in [1.54, 1.807) is 25.3 Å². The number of methoxy groups -OCH3 is 1. The maximum Gasteiger partial charge on any atom is 0.255 e. The molecule has 2 heterocycles.